The molecule has 5 N–H and O–H groups in total. The average molecular weight is 435 g/mol. The highest BCUT2D eigenvalue weighted by Crippen LogP contribution is 2.37. The molecule has 30 heavy (non-hydrogen) atoms. The van der Waals surface area contributed by atoms with Crippen LogP contribution in [-0.4, -0.2) is 46.2 Å². The van der Waals surface area contributed by atoms with Gasteiger partial charge in [0.2, 0.25) is 0 Å². The predicted octanol–water partition coefficient (Wildman–Crippen LogP) is 3.46. The van der Waals surface area contributed by atoms with Gasteiger partial charge in [-0.15, -0.1) is 11.3 Å². The average Bonchev–Trinajstić information content (AvgIpc) is 3.05. The molecule has 10 heteroatoms. The zero-order chi connectivity index (χ0) is 22.1. The highest BCUT2D eigenvalue weighted by atomic mass is 32.1. The molecule has 0 radical (unpaired) electrons. The highest BCUT2D eigenvalue weighted by molar-refractivity contribution is 7.16. The number of hydrogen-bond acceptors (Lipinski definition) is 6. The number of thiophene rings is 1. The highest BCUT2D eigenvalue weighted by Gasteiger charge is 2.20. The summed E-state index contributed by atoms with van der Waals surface area (Å²) in [4.78, 5) is 24.9. The first-order valence-electron chi connectivity index (χ1n) is 9.10. The third-order valence-electron chi connectivity index (χ3n) is 3.82. The van der Waals surface area contributed by atoms with Crippen LogP contribution in [0.5, 0.6) is 0 Å². The second-order valence-electron chi connectivity index (χ2n) is 6.07. The number of aliphatic hydroxyl groups is 1. The minimum absolute atomic E-state index is 0.108. The van der Waals surface area contributed by atoms with Gasteiger partial charge in [-0.2, -0.15) is 0 Å². The van der Waals surface area contributed by atoms with Gasteiger partial charge in [-0.1, -0.05) is 6.92 Å². The number of aliphatic carboxylic acids is 2. The van der Waals surface area contributed by atoms with E-state index in [-0.39, 0.29) is 12.4 Å². The molecule has 2 heterocycles. The number of carbonyl (C=O) groups is 2. The molecule has 3 rings (SSSR count). The van der Waals surface area contributed by atoms with Crippen LogP contribution in [0.1, 0.15) is 23.8 Å². The normalized spacial score (nSPS) is 13.4. The summed E-state index contributed by atoms with van der Waals surface area (Å²) < 4.78 is 13.5. The van der Waals surface area contributed by atoms with Crippen LogP contribution < -0.4 is 10.6 Å². The summed E-state index contributed by atoms with van der Waals surface area (Å²) >= 11 is 1.68. The van der Waals surface area contributed by atoms with E-state index in [1.54, 1.807) is 17.4 Å². The van der Waals surface area contributed by atoms with Gasteiger partial charge >= 0.3 is 11.9 Å². The van der Waals surface area contributed by atoms with E-state index in [0.29, 0.717) is 30.8 Å². The Kier molecular flexibility index (Phi) is 8.51. The molecule has 1 aliphatic rings. The zero-order valence-electron chi connectivity index (χ0n) is 16.2. The number of nitrogens with one attached hydrogen (secondary N) is 2. The van der Waals surface area contributed by atoms with Gasteiger partial charge in [-0.25, -0.2) is 14.0 Å². The summed E-state index contributed by atoms with van der Waals surface area (Å²) in [7, 11) is 0. The van der Waals surface area contributed by atoms with E-state index in [4.69, 9.17) is 15.3 Å². The predicted molar refractivity (Wildman–Crippen MR) is 115 cm³/mol. The number of carboxylic acids is 2. The van der Waals surface area contributed by atoms with Crippen molar-refractivity contribution in [2.45, 2.75) is 19.8 Å². The quantitative estimate of drug-likeness (QED) is 0.347. The lowest BCUT2D eigenvalue weighted by molar-refractivity contribution is -0.134. The maximum Gasteiger partial charge on any atom is 0.328 e. The van der Waals surface area contributed by atoms with E-state index in [9.17, 15) is 14.0 Å². The lowest BCUT2D eigenvalue weighted by atomic mass is 10.2. The van der Waals surface area contributed by atoms with E-state index in [1.165, 1.54) is 17.0 Å². The number of aliphatic imine (C=N–C) groups is 1. The summed E-state index contributed by atoms with van der Waals surface area (Å²) in [5, 5.41) is 32.2. The maximum atomic E-state index is 13.5. The third-order valence-corrected chi connectivity index (χ3v) is 5.02. The van der Waals surface area contributed by atoms with Crippen molar-refractivity contribution in [1.29, 1.82) is 0 Å². The second kappa shape index (κ2) is 11.1. The van der Waals surface area contributed by atoms with Gasteiger partial charge in [-0.05, 0) is 37.1 Å². The Morgan fingerprint density at radius 3 is 2.43 bits per heavy atom. The number of anilines is 3. The number of carboxylic acid groups (broad SMARTS) is 2. The van der Waals surface area contributed by atoms with Crippen molar-refractivity contribution in [3.8, 4) is 0 Å². The van der Waals surface area contributed by atoms with Gasteiger partial charge in [-0.3, -0.25) is 4.99 Å². The van der Waals surface area contributed by atoms with Crippen LogP contribution in [0.25, 0.3) is 0 Å². The fourth-order valence-electron chi connectivity index (χ4n) is 2.46. The molecule has 0 atom stereocenters. The van der Waals surface area contributed by atoms with Crippen molar-refractivity contribution >= 4 is 45.5 Å². The second-order valence-corrected chi connectivity index (χ2v) is 7.20. The number of fused-ring (bicyclic) bond motifs is 2. The Hall–Kier alpha value is -3.24. The van der Waals surface area contributed by atoms with Crippen LogP contribution in [0, 0.1) is 5.82 Å². The van der Waals surface area contributed by atoms with Crippen molar-refractivity contribution in [2.24, 2.45) is 4.99 Å². The van der Waals surface area contributed by atoms with Crippen LogP contribution in [-0.2, 0) is 16.0 Å². The van der Waals surface area contributed by atoms with Crippen molar-refractivity contribution < 1.29 is 29.3 Å². The van der Waals surface area contributed by atoms with Gasteiger partial charge in [0.1, 0.15) is 16.7 Å². The molecule has 1 aromatic carbocycles. The minimum atomic E-state index is -1.26. The van der Waals surface area contributed by atoms with E-state index in [2.05, 4.69) is 28.6 Å². The van der Waals surface area contributed by atoms with Crippen molar-refractivity contribution in [3.05, 3.63) is 52.7 Å². The molecule has 0 spiro atoms. The monoisotopic (exact) mass is 435 g/mol. The first-order chi connectivity index (χ1) is 14.3. The smallest absolute Gasteiger partial charge is 0.328 e. The number of aliphatic hydroxyl groups excluding tert-OH is 1. The van der Waals surface area contributed by atoms with Crippen LogP contribution >= 0.6 is 11.3 Å². The third kappa shape index (κ3) is 6.68. The van der Waals surface area contributed by atoms with Gasteiger partial charge < -0.3 is 26.0 Å². The molecule has 0 amide bonds. The molecule has 0 saturated heterocycles. The number of rotatable bonds is 6. The summed E-state index contributed by atoms with van der Waals surface area (Å²) in [5.74, 6) is -2.08. The minimum Gasteiger partial charge on any atom is -0.478 e. The van der Waals surface area contributed by atoms with E-state index in [1.807, 2.05) is 0 Å². The molecule has 1 aromatic heterocycles. The number of aryl methyl sites for hydroxylation is 1. The first-order valence-corrected chi connectivity index (χ1v) is 9.91. The van der Waals surface area contributed by atoms with Gasteiger partial charge in [0.25, 0.3) is 0 Å². The SMILES string of the molecule is CCc1cc2c(s1)Nc1ccc(F)cc1NC2=NCCCO.O=C(O)/C=C\C(=O)O. The molecule has 1 aliphatic heterocycles. The number of nitrogens with zero attached hydrogens (tertiary/aromatic N) is 1. The van der Waals surface area contributed by atoms with E-state index >= 15 is 0 Å². The van der Waals surface area contributed by atoms with Gasteiger partial charge in [0.05, 0.1) is 16.9 Å². The molecule has 0 bridgehead atoms. The van der Waals surface area contributed by atoms with Crippen LogP contribution in [0.4, 0.5) is 20.8 Å². The van der Waals surface area contributed by atoms with Crippen molar-refractivity contribution in [3.63, 3.8) is 0 Å². The molecule has 0 aliphatic carbocycles. The van der Waals surface area contributed by atoms with Gasteiger partial charge in [0.15, 0.2) is 0 Å². The Labute approximate surface area is 176 Å². The number of hydrogen-bond donors (Lipinski definition) is 5. The molecule has 8 nitrogen and oxygen atoms in total. The number of halogens is 1. The van der Waals surface area contributed by atoms with Crippen molar-refractivity contribution in [1.82, 2.24) is 0 Å². The summed E-state index contributed by atoms with van der Waals surface area (Å²) in [6.07, 6.45) is 2.68. The molecule has 2 aromatic rings. The fraction of sp³-hybridized carbons (Fsp3) is 0.250. The maximum absolute atomic E-state index is 13.5. The largest absolute Gasteiger partial charge is 0.478 e. The lowest BCUT2D eigenvalue weighted by Gasteiger charge is -2.09. The van der Waals surface area contributed by atoms with E-state index in [0.717, 1.165) is 28.5 Å². The van der Waals surface area contributed by atoms with Crippen LogP contribution in [0.15, 0.2) is 41.4 Å². The topological polar surface area (TPSA) is 131 Å². The Bertz CT molecular complexity index is 955. The van der Waals surface area contributed by atoms with Crippen LogP contribution in [0.3, 0.4) is 0 Å². The Morgan fingerprint density at radius 1 is 1.13 bits per heavy atom. The molecule has 0 unspecified atom stereocenters. The van der Waals surface area contributed by atoms with Crippen LogP contribution in [0.2, 0.25) is 0 Å². The van der Waals surface area contributed by atoms with Gasteiger partial charge in [0, 0.05) is 30.2 Å². The molecule has 0 saturated carbocycles. The summed E-state index contributed by atoms with van der Waals surface area (Å²) in [6.45, 7) is 2.75. The van der Waals surface area contributed by atoms with Crippen molar-refractivity contribution in [2.75, 3.05) is 23.8 Å². The summed E-state index contributed by atoms with van der Waals surface area (Å²) in [5.41, 5.74) is 2.50. The molecular weight excluding hydrogens is 413 g/mol. The molecule has 160 valence electrons. The number of amidine groups is 1. The molecule has 0 fully saturated rings. The Balaban J connectivity index is 0.000000343. The number of benzene rings is 1. The molecular formula is C20H22FN3O5S. The first kappa shape index (κ1) is 23.0. The lowest BCUT2D eigenvalue weighted by Crippen LogP contribution is -2.13. The summed E-state index contributed by atoms with van der Waals surface area (Å²) in [6, 6.07) is 6.74. The Morgan fingerprint density at radius 2 is 1.83 bits per heavy atom. The van der Waals surface area contributed by atoms with E-state index < -0.39 is 11.9 Å². The standard InChI is InChI=1S/C16H18FN3OS.C4H4O4/c1-2-11-9-12-15(18-6-3-7-21)19-14-8-10(17)4-5-13(14)20-16(12)22-11;5-3(6)1-2-4(7)8/h4-5,8-9,20-21H,2-3,6-7H2,1H3,(H,18,19);1-2H,(H,5,6)(H,7,8)/b;2-1-. The fourth-order valence-corrected chi connectivity index (χ4v) is 3.47. The zero-order valence-corrected chi connectivity index (χ0v) is 17.0.